The number of ether oxygens (including phenoxy) is 1. The molecule has 1 saturated heterocycles. The Labute approximate surface area is 141 Å². The molecule has 5 heteroatoms. The van der Waals surface area contributed by atoms with Gasteiger partial charge in [0, 0.05) is 31.8 Å². The van der Waals surface area contributed by atoms with E-state index in [9.17, 15) is 4.79 Å². The van der Waals surface area contributed by atoms with E-state index in [2.05, 4.69) is 24.9 Å². The highest BCUT2D eigenvalue weighted by molar-refractivity contribution is 7.20. The molecule has 0 spiro atoms. The van der Waals surface area contributed by atoms with E-state index in [4.69, 9.17) is 4.74 Å². The Morgan fingerprint density at radius 2 is 2.00 bits per heavy atom. The third-order valence-electron chi connectivity index (χ3n) is 4.63. The van der Waals surface area contributed by atoms with Crippen molar-refractivity contribution in [1.29, 1.82) is 0 Å². The molecule has 1 aromatic heterocycles. The first-order valence-corrected chi connectivity index (χ1v) is 9.34. The van der Waals surface area contributed by atoms with Gasteiger partial charge in [0.15, 0.2) is 0 Å². The zero-order chi connectivity index (χ0) is 16.2. The molecule has 2 heterocycles. The Morgan fingerprint density at radius 3 is 2.65 bits per heavy atom. The van der Waals surface area contributed by atoms with Crippen molar-refractivity contribution in [1.82, 2.24) is 9.88 Å². The molecule has 0 aliphatic carbocycles. The fourth-order valence-electron chi connectivity index (χ4n) is 3.13. The maximum absolute atomic E-state index is 12.4. The topological polar surface area (TPSA) is 42.4 Å². The molecular weight excluding hydrogens is 308 g/mol. The highest BCUT2D eigenvalue weighted by Gasteiger charge is 2.27. The average molecular weight is 332 g/mol. The number of hydrogen-bond donors (Lipinski definition) is 0. The molecule has 1 fully saturated rings. The Balaban J connectivity index is 1.55. The van der Waals surface area contributed by atoms with Crippen LogP contribution in [0.3, 0.4) is 0 Å². The van der Waals surface area contributed by atoms with Gasteiger partial charge in [-0.05, 0) is 25.0 Å². The summed E-state index contributed by atoms with van der Waals surface area (Å²) >= 11 is 1.60. The third kappa shape index (κ3) is 3.66. The first-order valence-electron chi connectivity index (χ1n) is 8.52. The lowest BCUT2D eigenvalue weighted by Gasteiger charge is -2.33. The monoisotopic (exact) mass is 332 g/mol. The summed E-state index contributed by atoms with van der Waals surface area (Å²) in [6.07, 6.45) is 3.81. The predicted octanol–water partition coefficient (Wildman–Crippen LogP) is 4.10. The van der Waals surface area contributed by atoms with Gasteiger partial charge in [0.1, 0.15) is 6.10 Å². The summed E-state index contributed by atoms with van der Waals surface area (Å²) in [7, 11) is 0. The maximum atomic E-state index is 12.4. The summed E-state index contributed by atoms with van der Waals surface area (Å²) in [5, 5.41) is 0.746. The summed E-state index contributed by atoms with van der Waals surface area (Å²) < 4.78 is 7.21. The van der Waals surface area contributed by atoms with E-state index in [0.29, 0.717) is 5.91 Å². The van der Waals surface area contributed by atoms with Gasteiger partial charge in [-0.15, -0.1) is 0 Å². The minimum atomic E-state index is 0.168. The molecule has 124 valence electrons. The number of fused-ring (bicyclic) bond motifs is 1. The fourth-order valence-corrected chi connectivity index (χ4v) is 4.02. The lowest BCUT2D eigenvalue weighted by atomic mass is 9.99. The highest BCUT2D eigenvalue weighted by atomic mass is 32.1. The molecule has 0 unspecified atom stereocenters. The summed E-state index contributed by atoms with van der Waals surface area (Å²) in [4.78, 5) is 19.0. The van der Waals surface area contributed by atoms with Crippen LogP contribution in [0, 0.1) is 5.92 Å². The van der Waals surface area contributed by atoms with Crippen LogP contribution < -0.4 is 4.74 Å². The molecule has 0 bridgehead atoms. The van der Waals surface area contributed by atoms with E-state index in [1.807, 2.05) is 23.1 Å². The van der Waals surface area contributed by atoms with Crippen molar-refractivity contribution in [2.45, 2.75) is 45.6 Å². The van der Waals surface area contributed by atoms with Crippen molar-refractivity contribution in [3.8, 4) is 5.19 Å². The lowest BCUT2D eigenvalue weighted by Crippen LogP contribution is -2.44. The van der Waals surface area contributed by atoms with E-state index < -0.39 is 0 Å². The number of likely N-dealkylation sites (tertiary alicyclic amines) is 1. The summed E-state index contributed by atoms with van der Waals surface area (Å²) in [6, 6.07) is 8.09. The van der Waals surface area contributed by atoms with E-state index in [-0.39, 0.29) is 12.0 Å². The molecule has 1 aliphatic heterocycles. The minimum Gasteiger partial charge on any atom is -0.467 e. The van der Waals surface area contributed by atoms with Gasteiger partial charge >= 0.3 is 0 Å². The number of rotatable bonds is 5. The first kappa shape index (κ1) is 16.2. The van der Waals surface area contributed by atoms with Gasteiger partial charge in [-0.2, -0.15) is 0 Å². The van der Waals surface area contributed by atoms with Crippen LogP contribution in [0.25, 0.3) is 10.2 Å². The Hall–Kier alpha value is -1.62. The number of carbonyl (C=O) groups is 1. The van der Waals surface area contributed by atoms with E-state index >= 15 is 0 Å². The lowest BCUT2D eigenvalue weighted by molar-refractivity contribution is -0.137. The van der Waals surface area contributed by atoms with Crippen molar-refractivity contribution < 1.29 is 9.53 Å². The van der Waals surface area contributed by atoms with Gasteiger partial charge in [0.25, 0.3) is 5.19 Å². The van der Waals surface area contributed by atoms with Crippen LogP contribution in [-0.2, 0) is 4.79 Å². The predicted molar refractivity (Wildman–Crippen MR) is 93.9 cm³/mol. The van der Waals surface area contributed by atoms with Crippen LogP contribution in [0.5, 0.6) is 5.19 Å². The fraction of sp³-hybridized carbons (Fsp3) is 0.556. The second-order valence-corrected chi connectivity index (χ2v) is 7.10. The van der Waals surface area contributed by atoms with Gasteiger partial charge in [0.2, 0.25) is 5.91 Å². The third-order valence-corrected chi connectivity index (χ3v) is 5.56. The Kier molecular flexibility index (Phi) is 5.16. The van der Waals surface area contributed by atoms with E-state index in [1.54, 1.807) is 11.3 Å². The van der Waals surface area contributed by atoms with Gasteiger partial charge in [-0.3, -0.25) is 4.79 Å². The van der Waals surface area contributed by atoms with Crippen LogP contribution >= 0.6 is 11.3 Å². The number of benzene rings is 1. The smallest absolute Gasteiger partial charge is 0.274 e. The number of hydrogen-bond acceptors (Lipinski definition) is 4. The minimum absolute atomic E-state index is 0.168. The molecule has 2 aromatic rings. The molecule has 4 nitrogen and oxygen atoms in total. The standard InChI is InChI=1S/C18H24N2O2S/c1-3-13(4-2)17(21)20-11-9-14(10-12-20)22-18-19-15-7-5-6-8-16(15)23-18/h5-8,13-14H,3-4,9-12H2,1-2H3. The normalized spacial score (nSPS) is 16.2. The zero-order valence-corrected chi connectivity index (χ0v) is 14.6. The van der Waals surface area contributed by atoms with Crippen LogP contribution in [0.1, 0.15) is 39.5 Å². The van der Waals surface area contributed by atoms with Crippen LogP contribution in [0.15, 0.2) is 24.3 Å². The molecule has 1 aromatic carbocycles. The number of aromatic nitrogens is 1. The van der Waals surface area contributed by atoms with Gasteiger partial charge in [0.05, 0.1) is 10.2 Å². The molecular formula is C18H24N2O2S. The molecule has 1 aliphatic rings. The summed E-state index contributed by atoms with van der Waals surface area (Å²) in [6.45, 7) is 5.78. The van der Waals surface area contributed by atoms with Crippen molar-refractivity contribution >= 4 is 27.5 Å². The quantitative estimate of drug-likeness (QED) is 0.828. The van der Waals surface area contributed by atoms with Crippen LogP contribution in [0.2, 0.25) is 0 Å². The van der Waals surface area contributed by atoms with Crippen molar-refractivity contribution in [3.05, 3.63) is 24.3 Å². The second kappa shape index (κ2) is 7.30. The molecule has 1 amide bonds. The average Bonchev–Trinajstić information content (AvgIpc) is 2.98. The molecule has 0 N–H and O–H groups in total. The second-order valence-electron chi connectivity index (χ2n) is 6.10. The highest BCUT2D eigenvalue weighted by Crippen LogP contribution is 2.29. The van der Waals surface area contributed by atoms with Crippen molar-refractivity contribution in [3.63, 3.8) is 0 Å². The van der Waals surface area contributed by atoms with Gasteiger partial charge in [-0.25, -0.2) is 4.98 Å². The number of thiazole rings is 1. The summed E-state index contributed by atoms with van der Waals surface area (Å²) in [5.41, 5.74) is 0.994. The summed E-state index contributed by atoms with van der Waals surface area (Å²) in [5.74, 6) is 0.491. The maximum Gasteiger partial charge on any atom is 0.274 e. The number of piperidine rings is 1. The molecule has 23 heavy (non-hydrogen) atoms. The largest absolute Gasteiger partial charge is 0.467 e. The Bertz CT molecular complexity index is 625. The first-order chi connectivity index (χ1) is 11.2. The Morgan fingerprint density at radius 1 is 1.30 bits per heavy atom. The molecule has 0 atom stereocenters. The number of carbonyl (C=O) groups excluding carboxylic acids is 1. The number of nitrogens with zero attached hydrogens (tertiary/aromatic N) is 2. The van der Waals surface area contributed by atoms with Gasteiger partial charge in [-0.1, -0.05) is 37.3 Å². The molecule has 3 rings (SSSR count). The number of para-hydroxylation sites is 1. The SMILES string of the molecule is CCC(CC)C(=O)N1CCC(Oc2nc3ccccc3s2)CC1. The van der Waals surface area contributed by atoms with Crippen LogP contribution in [0.4, 0.5) is 0 Å². The van der Waals surface area contributed by atoms with Gasteiger partial charge < -0.3 is 9.64 Å². The van der Waals surface area contributed by atoms with Crippen molar-refractivity contribution in [2.75, 3.05) is 13.1 Å². The molecule has 0 saturated carbocycles. The number of amides is 1. The van der Waals surface area contributed by atoms with Crippen LogP contribution in [-0.4, -0.2) is 35.0 Å². The molecule has 0 radical (unpaired) electrons. The van der Waals surface area contributed by atoms with E-state index in [0.717, 1.165) is 54.2 Å². The van der Waals surface area contributed by atoms with Crippen molar-refractivity contribution in [2.24, 2.45) is 5.92 Å². The zero-order valence-electron chi connectivity index (χ0n) is 13.8. The van der Waals surface area contributed by atoms with E-state index in [1.165, 1.54) is 0 Å².